The van der Waals surface area contributed by atoms with Gasteiger partial charge in [-0.05, 0) is 63.8 Å². The first kappa shape index (κ1) is 31.8. The second kappa shape index (κ2) is 12.6. The molecule has 0 saturated carbocycles. The number of carbonyl (C=O) groups excluding carboxylic acids is 3. The normalized spacial score (nSPS) is 29.1. The fourth-order valence-electron chi connectivity index (χ4n) is 7.43. The van der Waals surface area contributed by atoms with E-state index in [1.165, 1.54) is 6.08 Å². The Morgan fingerprint density at radius 1 is 1.14 bits per heavy atom. The second-order valence-electron chi connectivity index (χ2n) is 12.0. The van der Waals surface area contributed by atoms with E-state index in [2.05, 4.69) is 31.9 Å². The number of amides is 2. The van der Waals surface area contributed by atoms with Gasteiger partial charge in [0, 0.05) is 31.0 Å². The van der Waals surface area contributed by atoms with Crippen LogP contribution in [0.5, 0.6) is 0 Å². The molecule has 2 unspecified atom stereocenters. The highest BCUT2D eigenvalue weighted by Gasteiger charge is 2.79. The lowest BCUT2D eigenvalue weighted by atomic mass is 9.66. The van der Waals surface area contributed by atoms with Crippen molar-refractivity contribution < 1.29 is 29.0 Å². The number of ether oxygens (including phenoxy) is 2. The van der Waals surface area contributed by atoms with Gasteiger partial charge in [-0.3, -0.25) is 14.4 Å². The number of anilines is 2. The Labute approximate surface area is 250 Å². The lowest BCUT2D eigenvalue weighted by Crippen LogP contribution is -2.60. The molecule has 1 N–H and O–H groups in total. The molecule has 2 amide bonds. The van der Waals surface area contributed by atoms with E-state index < -0.39 is 41.1 Å². The van der Waals surface area contributed by atoms with E-state index in [1.54, 1.807) is 15.9 Å². The summed E-state index contributed by atoms with van der Waals surface area (Å²) < 4.78 is 12.2. The summed E-state index contributed by atoms with van der Waals surface area (Å²) in [6.07, 6.45) is 4.80. The average Bonchev–Trinajstić information content (AvgIpc) is 3.56. The second-order valence-corrected chi connectivity index (χ2v) is 12.0. The predicted octanol–water partition coefficient (Wildman–Crippen LogP) is 3.95. The van der Waals surface area contributed by atoms with E-state index in [4.69, 9.17) is 9.47 Å². The molecule has 230 valence electrons. The Balaban J connectivity index is 1.82. The van der Waals surface area contributed by atoms with Crippen LogP contribution in [0.25, 0.3) is 0 Å². The van der Waals surface area contributed by atoms with Crippen LogP contribution in [-0.2, 0) is 23.9 Å². The van der Waals surface area contributed by atoms with Crippen LogP contribution in [-0.4, -0.2) is 83.9 Å². The molecule has 1 aromatic carbocycles. The van der Waals surface area contributed by atoms with Crippen molar-refractivity contribution in [3.05, 3.63) is 49.6 Å². The maximum atomic E-state index is 14.8. The molecule has 9 nitrogen and oxygen atoms in total. The minimum Gasteiger partial charge on any atom is -0.461 e. The van der Waals surface area contributed by atoms with Gasteiger partial charge in [-0.25, -0.2) is 0 Å². The molecular weight excluding hydrogens is 534 g/mol. The number of fused-ring (bicyclic) bond motifs is 1. The average molecular weight is 582 g/mol. The van der Waals surface area contributed by atoms with Crippen LogP contribution in [0.1, 0.15) is 53.9 Å². The van der Waals surface area contributed by atoms with Crippen molar-refractivity contribution in [3.63, 3.8) is 0 Å². The topological polar surface area (TPSA) is 99.6 Å². The number of nitrogens with zero attached hydrogens (tertiary/aromatic N) is 3. The highest BCUT2D eigenvalue weighted by Crippen LogP contribution is 2.64. The molecule has 1 spiro atoms. The van der Waals surface area contributed by atoms with Crippen molar-refractivity contribution in [3.8, 4) is 0 Å². The fraction of sp³-hybridized carbons (Fsp3) is 0.606. The number of rotatable bonds is 14. The summed E-state index contributed by atoms with van der Waals surface area (Å²) in [7, 11) is 0. The summed E-state index contributed by atoms with van der Waals surface area (Å²) in [6, 6.07) is 6.16. The lowest BCUT2D eigenvalue weighted by Gasteiger charge is -2.41. The number of benzene rings is 1. The van der Waals surface area contributed by atoms with Gasteiger partial charge < -0.3 is 29.3 Å². The van der Waals surface area contributed by atoms with Gasteiger partial charge in [-0.2, -0.15) is 0 Å². The molecule has 0 radical (unpaired) electrons. The van der Waals surface area contributed by atoms with Gasteiger partial charge in [0.25, 0.3) is 5.91 Å². The van der Waals surface area contributed by atoms with Crippen molar-refractivity contribution in [2.24, 2.45) is 17.8 Å². The fourth-order valence-corrected chi connectivity index (χ4v) is 7.43. The number of carbonyl (C=O) groups is 3. The Morgan fingerprint density at radius 2 is 1.79 bits per heavy atom. The third-order valence-electron chi connectivity index (χ3n) is 9.76. The van der Waals surface area contributed by atoms with Crippen molar-refractivity contribution in [1.82, 2.24) is 4.90 Å². The Bertz CT molecular complexity index is 1180. The summed E-state index contributed by atoms with van der Waals surface area (Å²) in [6.45, 7) is 19.2. The molecule has 9 heteroatoms. The minimum atomic E-state index is -1.22. The van der Waals surface area contributed by atoms with E-state index >= 15 is 0 Å². The zero-order valence-electron chi connectivity index (χ0n) is 25.8. The van der Waals surface area contributed by atoms with Gasteiger partial charge in [0.2, 0.25) is 5.91 Å². The number of hydrogen-bond acceptors (Lipinski definition) is 7. The van der Waals surface area contributed by atoms with Crippen molar-refractivity contribution >= 4 is 29.2 Å². The summed E-state index contributed by atoms with van der Waals surface area (Å²) in [5, 5.41) is 10.6. The summed E-state index contributed by atoms with van der Waals surface area (Å²) >= 11 is 0. The number of hydrogen-bond donors (Lipinski definition) is 1. The van der Waals surface area contributed by atoms with Crippen molar-refractivity contribution in [2.45, 2.75) is 77.2 Å². The Morgan fingerprint density at radius 3 is 2.33 bits per heavy atom. The molecule has 42 heavy (non-hydrogen) atoms. The van der Waals surface area contributed by atoms with Gasteiger partial charge >= 0.3 is 5.97 Å². The first-order chi connectivity index (χ1) is 20.1. The molecule has 3 saturated heterocycles. The number of aliphatic hydroxyl groups is 1. The largest absolute Gasteiger partial charge is 0.461 e. The van der Waals surface area contributed by atoms with Gasteiger partial charge in [-0.15, -0.1) is 6.58 Å². The van der Waals surface area contributed by atoms with Crippen LogP contribution < -0.4 is 9.80 Å². The monoisotopic (exact) mass is 581 g/mol. The third kappa shape index (κ3) is 5.04. The highest BCUT2D eigenvalue weighted by atomic mass is 16.6. The van der Waals surface area contributed by atoms with Crippen LogP contribution in [0.15, 0.2) is 49.6 Å². The third-order valence-corrected chi connectivity index (χ3v) is 9.76. The molecule has 4 rings (SSSR count). The quantitative estimate of drug-likeness (QED) is 0.262. The number of aliphatic hydroxyl groups excluding tert-OH is 1. The molecule has 3 fully saturated rings. The van der Waals surface area contributed by atoms with Crippen molar-refractivity contribution in [1.29, 1.82) is 0 Å². The van der Waals surface area contributed by atoms with Gasteiger partial charge in [-0.1, -0.05) is 39.0 Å². The molecule has 3 aliphatic heterocycles. The van der Waals surface area contributed by atoms with Crippen molar-refractivity contribution in [2.75, 3.05) is 42.6 Å². The summed E-state index contributed by atoms with van der Waals surface area (Å²) in [4.78, 5) is 48.1. The summed E-state index contributed by atoms with van der Waals surface area (Å²) in [5.74, 6) is -3.03. The van der Waals surface area contributed by atoms with Crippen LogP contribution in [0.2, 0.25) is 0 Å². The van der Waals surface area contributed by atoms with E-state index in [-0.39, 0.29) is 37.5 Å². The van der Waals surface area contributed by atoms with Crippen LogP contribution >= 0.6 is 0 Å². The van der Waals surface area contributed by atoms with Crippen LogP contribution in [0.3, 0.4) is 0 Å². The van der Waals surface area contributed by atoms with E-state index in [0.717, 1.165) is 18.8 Å². The molecule has 7 atom stereocenters. The van der Waals surface area contributed by atoms with E-state index in [0.29, 0.717) is 24.9 Å². The molecule has 3 heterocycles. The molecule has 0 aliphatic carbocycles. The number of likely N-dealkylation sites (tertiary alicyclic amines) is 1. The van der Waals surface area contributed by atoms with Gasteiger partial charge in [0.1, 0.15) is 24.2 Å². The lowest BCUT2D eigenvalue weighted by molar-refractivity contribution is -0.160. The zero-order valence-corrected chi connectivity index (χ0v) is 25.8. The molecule has 0 aromatic heterocycles. The maximum absolute atomic E-state index is 14.8. The predicted molar refractivity (Wildman–Crippen MR) is 163 cm³/mol. The maximum Gasteiger partial charge on any atom is 0.313 e. The summed E-state index contributed by atoms with van der Waals surface area (Å²) in [5.41, 5.74) is -0.437. The standard InChI is InChI=1S/C33H47N3O6/c1-8-19-35(24-15-13-23(14-16-24)34(11-4)12-5)30(39)28-33-18-17-32(7,42-33)27(31(40)41-20-9-2)26(33)29(38)36(28)25(21-37)22(6)10-3/h8-9,13-16,22,25-28,37H,1-2,10-12,17-21H2,3-7H3/t22-,25-,26-,27+,28?,32-,33?/m0/s1. The minimum absolute atomic E-state index is 0.0220. The smallest absolute Gasteiger partial charge is 0.313 e. The van der Waals surface area contributed by atoms with Crippen LogP contribution in [0.4, 0.5) is 11.4 Å². The molecular formula is C33H47N3O6. The Kier molecular flexibility index (Phi) is 9.52. The first-order valence-corrected chi connectivity index (χ1v) is 15.3. The highest BCUT2D eigenvalue weighted by molar-refractivity contribution is 6.05. The van der Waals surface area contributed by atoms with Gasteiger partial charge in [0.05, 0.1) is 24.2 Å². The molecule has 2 bridgehead atoms. The Hall–Kier alpha value is -3.17. The number of esters is 1. The SMILES string of the molecule is C=CCOC(=O)[C@H]1[C@H]2C(=O)N([C@@H](CO)[C@@H](C)CC)C(C(=O)N(CC=C)c3ccc(N(CC)CC)cc3)C23CC[C@]1(C)O3. The van der Waals surface area contributed by atoms with Crippen LogP contribution in [0, 0.1) is 17.8 Å². The van der Waals surface area contributed by atoms with Gasteiger partial charge in [0.15, 0.2) is 0 Å². The zero-order chi connectivity index (χ0) is 30.8. The van der Waals surface area contributed by atoms with E-state index in [1.807, 2.05) is 45.0 Å². The van der Waals surface area contributed by atoms with E-state index in [9.17, 15) is 19.5 Å². The molecule has 3 aliphatic rings. The molecule has 1 aromatic rings. The first-order valence-electron chi connectivity index (χ1n) is 15.3.